The number of para-hydroxylation sites is 1. The molecule has 0 spiro atoms. The Balaban J connectivity index is 1.18. The van der Waals surface area contributed by atoms with Crippen LogP contribution in [0.15, 0.2) is 30.3 Å². The molecule has 4 bridgehead atoms. The van der Waals surface area contributed by atoms with Crippen LogP contribution in [0.1, 0.15) is 44.9 Å². The van der Waals surface area contributed by atoms with Crippen LogP contribution in [0.5, 0.6) is 5.75 Å². The molecule has 0 unspecified atom stereocenters. The summed E-state index contributed by atoms with van der Waals surface area (Å²) in [5, 5.41) is 0. The van der Waals surface area contributed by atoms with E-state index < -0.39 is 0 Å². The van der Waals surface area contributed by atoms with Gasteiger partial charge in [0.25, 0.3) is 5.91 Å². The number of hydrogen-bond donors (Lipinski definition) is 0. The maximum Gasteiger partial charge on any atom is 0.260 e. The van der Waals surface area contributed by atoms with Crippen molar-refractivity contribution in [1.82, 2.24) is 9.80 Å². The summed E-state index contributed by atoms with van der Waals surface area (Å²) in [5.41, 5.74) is -0.0790. The first-order chi connectivity index (χ1) is 14.1. The molecule has 5 nitrogen and oxygen atoms in total. The molecule has 5 fully saturated rings. The van der Waals surface area contributed by atoms with E-state index in [1.165, 1.54) is 19.3 Å². The summed E-state index contributed by atoms with van der Waals surface area (Å²) in [4.78, 5) is 30.2. The first-order valence-corrected chi connectivity index (χ1v) is 11.4. The summed E-state index contributed by atoms with van der Waals surface area (Å²) in [6, 6.07) is 9.46. The van der Waals surface area contributed by atoms with Gasteiger partial charge in [0.15, 0.2) is 6.61 Å². The van der Waals surface area contributed by atoms with Gasteiger partial charge >= 0.3 is 0 Å². The minimum absolute atomic E-state index is 0.0120. The number of rotatable bonds is 4. The van der Waals surface area contributed by atoms with Gasteiger partial charge in [-0.3, -0.25) is 9.59 Å². The highest BCUT2D eigenvalue weighted by molar-refractivity contribution is 5.83. The predicted octanol–water partition coefficient (Wildman–Crippen LogP) is 3.34. The van der Waals surface area contributed by atoms with Crippen LogP contribution in [0.4, 0.5) is 0 Å². The highest BCUT2D eigenvalue weighted by Gasteiger charge is 2.55. The van der Waals surface area contributed by atoms with E-state index in [9.17, 15) is 9.59 Å². The van der Waals surface area contributed by atoms with Crippen LogP contribution < -0.4 is 4.74 Å². The Morgan fingerprint density at radius 1 is 0.862 bits per heavy atom. The van der Waals surface area contributed by atoms with E-state index in [0.717, 1.165) is 50.0 Å². The normalized spacial score (nSPS) is 33.4. The van der Waals surface area contributed by atoms with Crippen LogP contribution in [-0.2, 0) is 9.59 Å². The standard InChI is InChI=1S/C24H32N2O3/c27-22(17-29-21-5-2-1-3-6-21)25-7-4-8-26(10-9-25)23(28)24-14-18-11-19(15-24)13-20(12-18)16-24/h1-3,5-6,18-20H,4,7-17H2. The molecule has 6 rings (SSSR count). The molecule has 5 heteroatoms. The zero-order valence-corrected chi connectivity index (χ0v) is 17.2. The minimum Gasteiger partial charge on any atom is -0.484 e. The predicted molar refractivity (Wildman–Crippen MR) is 110 cm³/mol. The van der Waals surface area contributed by atoms with Crippen molar-refractivity contribution in [2.75, 3.05) is 32.8 Å². The van der Waals surface area contributed by atoms with Gasteiger partial charge in [0.2, 0.25) is 5.91 Å². The lowest BCUT2D eigenvalue weighted by Gasteiger charge is -2.56. The van der Waals surface area contributed by atoms with Crippen molar-refractivity contribution in [3.8, 4) is 5.75 Å². The van der Waals surface area contributed by atoms with Crippen molar-refractivity contribution in [2.45, 2.75) is 44.9 Å². The number of ether oxygens (including phenoxy) is 1. The quantitative estimate of drug-likeness (QED) is 0.784. The number of carbonyl (C=O) groups excluding carboxylic acids is 2. The highest BCUT2D eigenvalue weighted by atomic mass is 16.5. The molecule has 0 N–H and O–H groups in total. The topological polar surface area (TPSA) is 49.9 Å². The molecule has 1 aliphatic heterocycles. The Labute approximate surface area is 173 Å². The van der Waals surface area contributed by atoms with Crippen molar-refractivity contribution < 1.29 is 14.3 Å². The molecule has 29 heavy (non-hydrogen) atoms. The van der Waals surface area contributed by atoms with Gasteiger partial charge in [0.05, 0.1) is 5.41 Å². The maximum atomic E-state index is 13.6. The van der Waals surface area contributed by atoms with E-state index in [1.54, 1.807) is 0 Å². The van der Waals surface area contributed by atoms with Crippen molar-refractivity contribution in [3.63, 3.8) is 0 Å². The van der Waals surface area contributed by atoms with E-state index in [1.807, 2.05) is 35.2 Å². The van der Waals surface area contributed by atoms with Gasteiger partial charge in [-0.05, 0) is 74.8 Å². The van der Waals surface area contributed by atoms with Gasteiger partial charge in [0.1, 0.15) is 5.75 Å². The highest BCUT2D eigenvalue weighted by Crippen LogP contribution is 2.60. The molecule has 0 atom stereocenters. The van der Waals surface area contributed by atoms with E-state index >= 15 is 0 Å². The van der Waals surface area contributed by atoms with Crippen LogP contribution in [0, 0.1) is 23.2 Å². The molecule has 5 aliphatic rings. The Morgan fingerprint density at radius 2 is 1.45 bits per heavy atom. The number of nitrogens with zero attached hydrogens (tertiary/aromatic N) is 2. The molecule has 4 aliphatic carbocycles. The SMILES string of the molecule is O=C(COc1ccccc1)N1CCCN(C(=O)C23CC4CC(CC(C4)C2)C3)CC1. The van der Waals surface area contributed by atoms with Gasteiger partial charge in [-0.15, -0.1) is 0 Å². The van der Waals surface area contributed by atoms with Gasteiger partial charge in [-0.25, -0.2) is 0 Å². The molecule has 4 saturated carbocycles. The first kappa shape index (κ1) is 19.0. The number of hydrogen-bond acceptors (Lipinski definition) is 3. The lowest BCUT2D eigenvalue weighted by molar-refractivity contribution is -0.157. The van der Waals surface area contributed by atoms with E-state index in [-0.39, 0.29) is 17.9 Å². The molecule has 1 aromatic carbocycles. The molecule has 0 aromatic heterocycles. The zero-order chi connectivity index (χ0) is 19.8. The minimum atomic E-state index is -0.0790. The fourth-order valence-corrected chi connectivity index (χ4v) is 6.83. The largest absolute Gasteiger partial charge is 0.484 e. The van der Waals surface area contributed by atoms with Gasteiger partial charge < -0.3 is 14.5 Å². The second-order valence-corrected chi connectivity index (χ2v) is 9.83. The van der Waals surface area contributed by atoms with Crippen LogP contribution in [0.2, 0.25) is 0 Å². The summed E-state index contributed by atoms with van der Waals surface area (Å²) in [6.07, 6.45) is 8.27. The summed E-state index contributed by atoms with van der Waals surface area (Å²) in [5.74, 6) is 3.47. The van der Waals surface area contributed by atoms with Crippen molar-refractivity contribution in [1.29, 1.82) is 0 Å². The molecule has 156 valence electrons. The van der Waals surface area contributed by atoms with Crippen LogP contribution in [0.25, 0.3) is 0 Å². The molecular weight excluding hydrogens is 364 g/mol. The molecular formula is C24H32N2O3. The Bertz CT molecular complexity index is 727. The molecule has 1 heterocycles. The summed E-state index contributed by atoms with van der Waals surface area (Å²) in [7, 11) is 0. The molecule has 1 aromatic rings. The number of amides is 2. The van der Waals surface area contributed by atoms with Crippen LogP contribution in [0.3, 0.4) is 0 Å². The van der Waals surface area contributed by atoms with Gasteiger partial charge in [0, 0.05) is 26.2 Å². The number of benzene rings is 1. The van der Waals surface area contributed by atoms with Crippen molar-refractivity contribution in [2.24, 2.45) is 23.2 Å². The third kappa shape index (κ3) is 3.76. The van der Waals surface area contributed by atoms with E-state index in [0.29, 0.717) is 31.3 Å². The van der Waals surface area contributed by atoms with Crippen molar-refractivity contribution >= 4 is 11.8 Å². The third-order valence-corrected chi connectivity index (χ3v) is 7.73. The zero-order valence-electron chi connectivity index (χ0n) is 17.2. The fourth-order valence-electron chi connectivity index (χ4n) is 6.83. The fraction of sp³-hybridized carbons (Fsp3) is 0.667. The molecule has 2 amide bonds. The van der Waals surface area contributed by atoms with Gasteiger partial charge in [-0.2, -0.15) is 0 Å². The third-order valence-electron chi connectivity index (χ3n) is 7.73. The van der Waals surface area contributed by atoms with Crippen LogP contribution in [-0.4, -0.2) is 54.4 Å². The number of carbonyl (C=O) groups is 2. The first-order valence-electron chi connectivity index (χ1n) is 11.4. The second-order valence-electron chi connectivity index (χ2n) is 9.83. The van der Waals surface area contributed by atoms with Crippen molar-refractivity contribution in [3.05, 3.63) is 30.3 Å². The summed E-state index contributed by atoms with van der Waals surface area (Å²) in [6.45, 7) is 2.84. The average molecular weight is 397 g/mol. The lowest BCUT2D eigenvalue weighted by Crippen LogP contribution is -2.55. The van der Waals surface area contributed by atoms with E-state index in [4.69, 9.17) is 4.74 Å². The molecule has 0 radical (unpaired) electrons. The Morgan fingerprint density at radius 3 is 2.10 bits per heavy atom. The van der Waals surface area contributed by atoms with E-state index in [2.05, 4.69) is 4.90 Å². The molecule has 1 saturated heterocycles. The Kier molecular flexibility index (Phi) is 5.00. The van der Waals surface area contributed by atoms with Gasteiger partial charge in [-0.1, -0.05) is 18.2 Å². The summed E-state index contributed by atoms with van der Waals surface area (Å²) < 4.78 is 5.63. The second kappa shape index (κ2) is 7.66. The lowest BCUT2D eigenvalue weighted by atomic mass is 9.49. The Hall–Kier alpha value is -2.04. The monoisotopic (exact) mass is 396 g/mol. The van der Waals surface area contributed by atoms with Crippen LogP contribution >= 0.6 is 0 Å². The maximum absolute atomic E-state index is 13.6. The smallest absolute Gasteiger partial charge is 0.260 e. The summed E-state index contributed by atoms with van der Waals surface area (Å²) >= 11 is 0. The average Bonchev–Trinajstić information content (AvgIpc) is 2.97.